The van der Waals surface area contributed by atoms with Gasteiger partial charge in [-0.25, -0.2) is 0 Å². The predicted octanol–water partition coefficient (Wildman–Crippen LogP) is 5.94. The fourth-order valence-electron chi connectivity index (χ4n) is 2.73. The molecule has 0 aliphatic rings. The zero-order chi connectivity index (χ0) is 19.9. The largest absolute Gasteiger partial charge is 0.354 e. The van der Waals surface area contributed by atoms with Crippen LogP contribution in [0, 0.1) is 0 Å². The first-order valence-corrected chi connectivity index (χ1v) is 12.7. The third-order valence-electron chi connectivity index (χ3n) is 3.85. The summed E-state index contributed by atoms with van der Waals surface area (Å²) in [7, 11) is -0.782. The first-order valence-electron chi connectivity index (χ1n) is 9.75. The van der Waals surface area contributed by atoms with E-state index in [1.807, 2.05) is 0 Å². The van der Waals surface area contributed by atoms with Crippen LogP contribution in [0.3, 0.4) is 0 Å². The molecule has 8 heteroatoms. The van der Waals surface area contributed by atoms with E-state index in [9.17, 15) is 0 Å². The molecule has 0 amide bonds. The van der Waals surface area contributed by atoms with Gasteiger partial charge in [-0.1, -0.05) is 62.3 Å². The van der Waals surface area contributed by atoms with Gasteiger partial charge in [0.25, 0.3) is 0 Å². The molecule has 1 rings (SSSR count). The molecule has 0 aromatic carbocycles. The van der Waals surface area contributed by atoms with Crippen LogP contribution in [0.2, 0.25) is 0 Å². The molecule has 0 saturated heterocycles. The molecule has 1 heterocycles. The highest BCUT2D eigenvalue weighted by atomic mass is 31.1. The van der Waals surface area contributed by atoms with Gasteiger partial charge in [-0.05, 0) is 45.2 Å². The Bertz CT molecular complexity index is 480. The Balaban J connectivity index is 3.12. The summed E-state index contributed by atoms with van der Waals surface area (Å²) in [6, 6.07) is 0. The maximum Gasteiger partial charge on any atom is 0.232 e. The van der Waals surface area contributed by atoms with E-state index >= 15 is 0 Å². The molecular formula is C18H38N6P2. The van der Waals surface area contributed by atoms with E-state index in [2.05, 4.69) is 87.8 Å². The van der Waals surface area contributed by atoms with Crippen LogP contribution in [0.1, 0.15) is 68.7 Å². The maximum atomic E-state index is 4.70. The van der Waals surface area contributed by atoms with Gasteiger partial charge in [-0.3, -0.25) is 0 Å². The van der Waals surface area contributed by atoms with Crippen LogP contribution in [-0.2, 0) is 0 Å². The minimum atomic E-state index is -0.391. The molecule has 0 radical (unpaired) electrons. The number of aromatic nitrogens is 3. The van der Waals surface area contributed by atoms with Crippen molar-refractivity contribution in [3.05, 3.63) is 0 Å². The van der Waals surface area contributed by atoms with E-state index in [1.165, 1.54) is 0 Å². The van der Waals surface area contributed by atoms with Crippen molar-refractivity contribution in [2.24, 2.45) is 0 Å². The highest BCUT2D eigenvalue weighted by Crippen LogP contribution is 2.47. The van der Waals surface area contributed by atoms with Crippen molar-refractivity contribution in [1.82, 2.24) is 15.0 Å². The van der Waals surface area contributed by atoms with E-state index in [4.69, 9.17) is 4.98 Å². The normalized spacial score (nSPS) is 12.1. The van der Waals surface area contributed by atoms with E-state index in [0.29, 0.717) is 40.5 Å². The highest BCUT2D eigenvalue weighted by molar-refractivity contribution is 7.60. The number of rotatable bonds is 11. The van der Waals surface area contributed by atoms with Gasteiger partial charge in [-0.15, -0.1) is 0 Å². The van der Waals surface area contributed by atoms with Gasteiger partial charge in [0.15, 0.2) is 0 Å². The molecule has 26 heavy (non-hydrogen) atoms. The van der Waals surface area contributed by atoms with Gasteiger partial charge in [0.2, 0.25) is 17.8 Å². The molecular weight excluding hydrogens is 362 g/mol. The van der Waals surface area contributed by atoms with Gasteiger partial charge >= 0.3 is 0 Å². The molecule has 0 atom stereocenters. The molecule has 0 spiro atoms. The molecule has 0 bridgehead atoms. The van der Waals surface area contributed by atoms with Crippen molar-refractivity contribution in [2.45, 2.75) is 91.4 Å². The standard InChI is InChI=1S/C18H38N6P2/c1-10-11-19-16-20-17(23-25(12(2)3)13(4)5)22-18(21-16)24-26(14(6)7)15(8)9/h12-15H,10-11H2,1-9H3,(H3,19,20,21,22,23,24). The summed E-state index contributed by atoms with van der Waals surface area (Å²) in [6.45, 7) is 21.0. The smallest absolute Gasteiger partial charge is 0.232 e. The minimum absolute atomic E-state index is 0.391. The summed E-state index contributed by atoms with van der Waals surface area (Å²) in [5.41, 5.74) is 2.25. The fourth-order valence-corrected chi connectivity index (χ4v) is 6.81. The van der Waals surface area contributed by atoms with Gasteiger partial charge in [0.1, 0.15) is 0 Å². The summed E-state index contributed by atoms with van der Waals surface area (Å²) in [6.07, 6.45) is 1.03. The van der Waals surface area contributed by atoms with Gasteiger partial charge < -0.3 is 15.5 Å². The molecule has 150 valence electrons. The van der Waals surface area contributed by atoms with Crippen LogP contribution in [0.25, 0.3) is 0 Å². The molecule has 0 aliphatic heterocycles. The second kappa shape index (κ2) is 11.2. The molecule has 0 aliphatic carbocycles. The first-order chi connectivity index (χ1) is 12.1. The summed E-state index contributed by atoms with van der Waals surface area (Å²) in [5.74, 6) is 2.01. The van der Waals surface area contributed by atoms with E-state index in [1.54, 1.807) is 0 Å². The number of nitrogens with one attached hydrogen (secondary N) is 3. The van der Waals surface area contributed by atoms with Gasteiger partial charge in [0, 0.05) is 6.54 Å². The lowest BCUT2D eigenvalue weighted by Gasteiger charge is -2.28. The highest BCUT2D eigenvalue weighted by Gasteiger charge is 2.21. The quantitative estimate of drug-likeness (QED) is 0.399. The molecule has 0 saturated carbocycles. The van der Waals surface area contributed by atoms with Crippen LogP contribution in [0.4, 0.5) is 17.8 Å². The molecule has 0 fully saturated rings. The lowest BCUT2D eigenvalue weighted by atomic mass is 10.5. The second-order valence-electron chi connectivity index (χ2n) is 7.65. The third kappa shape index (κ3) is 7.48. The van der Waals surface area contributed by atoms with Crippen molar-refractivity contribution >= 4 is 34.0 Å². The van der Waals surface area contributed by atoms with Gasteiger partial charge in [-0.2, -0.15) is 15.0 Å². The summed E-state index contributed by atoms with van der Waals surface area (Å²) in [5, 5.41) is 10.5. The average Bonchev–Trinajstić information content (AvgIpc) is 2.54. The molecule has 1 aromatic rings. The number of hydrogen-bond acceptors (Lipinski definition) is 6. The minimum Gasteiger partial charge on any atom is -0.354 e. The van der Waals surface area contributed by atoms with Crippen molar-refractivity contribution in [1.29, 1.82) is 0 Å². The van der Waals surface area contributed by atoms with Crippen molar-refractivity contribution in [3.63, 3.8) is 0 Å². The van der Waals surface area contributed by atoms with Crippen LogP contribution in [0.5, 0.6) is 0 Å². The lowest BCUT2D eigenvalue weighted by Crippen LogP contribution is -2.16. The summed E-state index contributed by atoms with van der Waals surface area (Å²) >= 11 is 0. The van der Waals surface area contributed by atoms with Gasteiger partial charge in [0.05, 0.1) is 0 Å². The van der Waals surface area contributed by atoms with Crippen molar-refractivity contribution < 1.29 is 0 Å². The summed E-state index contributed by atoms with van der Waals surface area (Å²) in [4.78, 5) is 13.9. The average molecular weight is 400 g/mol. The van der Waals surface area contributed by atoms with E-state index in [-0.39, 0.29) is 0 Å². The van der Waals surface area contributed by atoms with E-state index < -0.39 is 16.1 Å². The zero-order valence-electron chi connectivity index (χ0n) is 18.0. The van der Waals surface area contributed by atoms with E-state index in [0.717, 1.165) is 13.0 Å². The predicted molar refractivity (Wildman–Crippen MR) is 120 cm³/mol. The van der Waals surface area contributed by atoms with Crippen molar-refractivity contribution in [2.75, 3.05) is 22.0 Å². The fraction of sp³-hybridized carbons (Fsp3) is 0.833. The molecule has 1 aromatic heterocycles. The van der Waals surface area contributed by atoms with Crippen LogP contribution in [-0.4, -0.2) is 44.1 Å². The third-order valence-corrected chi connectivity index (χ3v) is 9.22. The maximum absolute atomic E-state index is 4.70. The molecule has 0 unspecified atom stereocenters. The Labute approximate surface area is 162 Å². The number of hydrogen-bond donors (Lipinski definition) is 3. The summed E-state index contributed by atoms with van der Waals surface area (Å²) < 4.78 is 0. The Morgan fingerprint density at radius 3 is 1.31 bits per heavy atom. The monoisotopic (exact) mass is 400 g/mol. The number of nitrogens with zero attached hydrogens (tertiary/aromatic N) is 3. The molecule has 6 nitrogen and oxygen atoms in total. The molecule has 3 N–H and O–H groups in total. The Morgan fingerprint density at radius 2 is 1.00 bits per heavy atom. The van der Waals surface area contributed by atoms with Crippen LogP contribution >= 0.6 is 16.1 Å². The number of anilines is 3. The topological polar surface area (TPSA) is 74.8 Å². The Morgan fingerprint density at radius 1 is 0.654 bits per heavy atom. The zero-order valence-corrected chi connectivity index (χ0v) is 19.7. The Kier molecular flexibility index (Phi) is 10.0. The van der Waals surface area contributed by atoms with Crippen molar-refractivity contribution in [3.8, 4) is 0 Å². The first kappa shape index (κ1) is 23.3. The SMILES string of the molecule is CCCNc1nc(NP(C(C)C)C(C)C)nc(NP(C(C)C)C(C)C)n1. The second-order valence-corrected chi connectivity index (χ2v) is 13.9. The van der Waals surface area contributed by atoms with Crippen LogP contribution in [0.15, 0.2) is 0 Å². The lowest BCUT2D eigenvalue weighted by molar-refractivity contribution is 0.941. The Hall–Kier alpha value is -0.730. The van der Waals surface area contributed by atoms with Crippen LogP contribution < -0.4 is 15.5 Å².